The van der Waals surface area contributed by atoms with Crippen molar-refractivity contribution in [2.45, 2.75) is 38.7 Å². The van der Waals surface area contributed by atoms with Crippen LogP contribution in [-0.4, -0.2) is 6.21 Å². The van der Waals surface area contributed by atoms with Crippen LogP contribution in [0.4, 0.5) is 0 Å². The first kappa shape index (κ1) is 12.6. The molecule has 1 aromatic carbocycles. The van der Waals surface area contributed by atoms with Gasteiger partial charge in [0.25, 0.3) is 0 Å². The first-order chi connectivity index (χ1) is 8.88. The maximum atomic E-state index is 8.68. The molecular weight excluding hydrogens is 224 g/mol. The van der Waals surface area contributed by atoms with Gasteiger partial charge in [0.2, 0.25) is 0 Å². The predicted octanol–water partition coefficient (Wildman–Crippen LogP) is 3.64. The fourth-order valence-electron chi connectivity index (χ4n) is 2.20. The molecule has 0 bridgehead atoms. The summed E-state index contributed by atoms with van der Waals surface area (Å²) >= 11 is 0. The standard InChI is InChI=1S/C15H18N2O/c16-10-13-6-8-15(9-7-13)12-18-17-11-14-4-2-1-3-5-14/h6-9,11,14H,1-5,12H2. The lowest BCUT2D eigenvalue weighted by Gasteiger charge is -2.16. The van der Waals surface area contributed by atoms with E-state index in [0.717, 1.165) is 5.56 Å². The van der Waals surface area contributed by atoms with Crippen molar-refractivity contribution in [3.8, 4) is 6.07 Å². The molecule has 94 valence electrons. The van der Waals surface area contributed by atoms with Crippen LogP contribution >= 0.6 is 0 Å². The summed E-state index contributed by atoms with van der Waals surface area (Å²) in [6.45, 7) is 0.467. The van der Waals surface area contributed by atoms with Crippen LogP contribution in [0.1, 0.15) is 43.2 Å². The van der Waals surface area contributed by atoms with Gasteiger partial charge in [-0.2, -0.15) is 5.26 Å². The Balaban J connectivity index is 1.73. The van der Waals surface area contributed by atoms with Crippen molar-refractivity contribution in [2.24, 2.45) is 11.1 Å². The van der Waals surface area contributed by atoms with Gasteiger partial charge in [0.1, 0.15) is 6.61 Å². The van der Waals surface area contributed by atoms with Gasteiger partial charge in [0.05, 0.1) is 11.6 Å². The molecule has 0 radical (unpaired) electrons. The second-order valence-corrected chi connectivity index (χ2v) is 4.73. The molecule has 0 heterocycles. The third-order valence-corrected chi connectivity index (χ3v) is 3.31. The summed E-state index contributed by atoms with van der Waals surface area (Å²) in [5, 5.41) is 12.7. The SMILES string of the molecule is N#Cc1ccc(CON=CC2CCCCC2)cc1. The van der Waals surface area contributed by atoms with Crippen molar-refractivity contribution in [3.63, 3.8) is 0 Å². The Morgan fingerprint density at radius 1 is 1.22 bits per heavy atom. The van der Waals surface area contributed by atoms with Crippen LogP contribution < -0.4 is 0 Å². The molecular formula is C15H18N2O. The topological polar surface area (TPSA) is 45.4 Å². The number of rotatable bonds is 4. The van der Waals surface area contributed by atoms with Gasteiger partial charge in [-0.3, -0.25) is 0 Å². The molecule has 1 aliphatic rings. The number of nitriles is 1. The summed E-state index contributed by atoms with van der Waals surface area (Å²) in [6.07, 6.45) is 8.41. The fourth-order valence-corrected chi connectivity index (χ4v) is 2.20. The second-order valence-electron chi connectivity index (χ2n) is 4.73. The number of nitrogens with zero attached hydrogens (tertiary/aromatic N) is 2. The average molecular weight is 242 g/mol. The molecule has 0 saturated heterocycles. The summed E-state index contributed by atoms with van der Waals surface area (Å²) in [4.78, 5) is 5.28. The van der Waals surface area contributed by atoms with Gasteiger partial charge >= 0.3 is 0 Å². The van der Waals surface area contributed by atoms with Crippen molar-refractivity contribution < 1.29 is 4.84 Å². The first-order valence-corrected chi connectivity index (χ1v) is 6.53. The van der Waals surface area contributed by atoms with Crippen molar-refractivity contribution >= 4 is 6.21 Å². The van der Waals surface area contributed by atoms with E-state index < -0.39 is 0 Å². The van der Waals surface area contributed by atoms with E-state index in [1.54, 1.807) is 12.1 Å². The fraction of sp³-hybridized carbons (Fsp3) is 0.467. The third kappa shape index (κ3) is 3.89. The van der Waals surface area contributed by atoms with Crippen molar-refractivity contribution in [1.29, 1.82) is 5.26 Å². The molecule has 1 aromatic rings. The maximum absolute atomic E-state index is 8.68. The molecule has 1 fully saturated rings. The molecule has 0 N–H and O–H groups in total. The Labute approximate surface area is 108 Å². The smallest absolute Gasteiger partial charge is 0.142 e. The van der Waals surface area contributed by atoms with E-state index >= 15 is 0 Å². The Kier molecular flexibility index (Phi) is 4.78. The Morgan fingerprint density at radius 3 is 2.61 bits per heavy atom. The molecule has 0 spiro atoms. The zero-order chi connectivity index (χ0) is 12.6. The summed E-state index contributed by atoms with van der Waals surface area (Å²) in [5.74, 6) is 0.597. The minimum atomic E-state index is 0.467. The van der Waals surface area contributed by atoms with Crippen molar-refractivity contribution in [3.05, 3.63) is 35.4 Å². The van der Waals surface area contributed by atoms with Crippen LogP contribution in [0.2, 0.25) is 0 Å². The third-order valence-electron chi connectivity index (χ3n) is 3.31. The minimum Gasteiger partial charge on any atom is -0.391 e. The van der Waals surface area contributed by atoms with Crippen LogP contribution in [-0.2, 0) is 11.4 Å². The van der Waals surface area contributed by atoms with E-state index in [-0.39, 0.29) is 0 Å². The van der Waals surface area contributed by atoms with Crippen LogP contribution in [0.15, 0.2) is 29.4 Å². The van der Waals surface area contributed by atoms with E-state index in [0.29, 0.717) is 18.1 Å². The average Bonchev–Trinajstić information content (AvgIpc) is 2.45. The van der Waals surface area contributed by atoms with Crippen molar-refractivity contribution in [1.82, 2.24) is 0 Å². The van der Waals surface area contributed by atoms with Crippen LogP contribution in [0.25, 0.3) is 0 Å². The summed E-state index contributed by atoms with van der Waals surface area (Å²) in [6, 6.07) is 9.48. The molecule has 0 unspecified atom stereocenters. The zero-order valence-electron chi connectivity index (χ0n) is 10.5. The molecule has 0 aromatic heterocycles. The number of benzene rings is 1. The van der Waals surface area contributed by atoms with E-state index in [1.165, 1.54) is 32.1 Å². The van der Waals surface area contributed by atoms with Gasteiger partial charge in [-0.15, -0.1) is 0 Å². The van der Waals surface area contributed by atoms with Crippen LogP contribution in [0.3, 0.4) is 0 Å². The summed E-state index contributed by atoms with van der Waals surface area (Å²) < 4.78 is 0. The quantitative estimate of drug-likeness (QED) is 0.597. The molecule has 3 nitrogen and oxygen atoms in total. The molecule has 1 saturated carbocycles. The molecule has 3 heteroatoms. The summed E-state index contributed by atoms with van der Waals surface area (Å²) in [5.41, 5.74) is 1.71. The zero-order valence-corrected chi connectivity index (χ0v) is 10.5. The van der Waals surface area contributed by atoms with Gasteiger partial charge in [-0.25, -0.2) is 0 Å². The Morgan fingerprint density at radius 2 is 1.94 bits per heavy atom. The highest BCUT2D eigenvalue weighted by Crippen LogP contribution is 2.21. The lowest BCUT2D eigenvalue weighted by atomic mass is 9.90. The molecule has 2 rings (SSSR count). The van der Waals surface area contributed by atoms with E-state index in [1.807, 2.05) is 18.3 Å². The monoisotopic (exact) mass is 242 g/mol. The largest absolute Gasteiger partial charge is 0.391 e. The van der Waals surface area contributed by atoms with E-state index in [4.69, 9.17) is 10.1 Å². The number of oxime groups is 1. The second kappa shape index (κ2) is 6.80. The van der Waals surface area contributed by atoms with Gasteiger partial charge in [-0.05, 0) is 36.5 Å². The maximum Gasteiger partial charge on any atom is 0.142 e. The Bertz CT molecular complexity index is 425. The minimum absolute atomic E-state index is 0.467. The molecule has 0 atom stereocenters. The van der Waals surface area contributed by atoms with E-state index in [2.05, 4.69) is 11.2 Å². The van der Waals surface area contributed by atoms with Crippen LogP contribution in [0.5, 0.6) is 0 Å². The number of hydrogen-bond donors (Lipinski definition) is 0. The summed E-state index contributed by atoms with van der Waals surface area (Å²) in [7, 11) is 0. The highest BCUT2D eigenvalue weighted by Gasteiger charge is 2.10. The van der Waals surface area contributed by atoms with Gasteiger partial charge in [0.15, 0.2) is 0 Å². The number of hydrogen-bond acceptors (Lipinski definition) is 3. The lowest BCUT2D eigenvalue weighted by Crippen LogP contribution is -2.07. The highest BCUT2D eigenvalue weighted by molar-refractivity contribution is 5.59. The van der Waals surface area contributed by atoms with Gasteiger partial charge in [-0.1, -0.05) is 36.6 Å². The lowest BCUT2D eigenvalue weighted by molar-refractivity contribution is 0.130. The van der Waals surface area contributed by atoms with Crippen molar-refractivity contribution in [2.75, 3.05) is 0 Å². The Hall–Kier alpha value is -1.82. The molecule has 1 aliphatic carbocycles. The first-order valence-electron chi connectivity index (χ1n) is 6.53. The molecule has 0 aliphatic heterocycles. The van der Waals surface area contributed by atoms with Crippen LogP contribution in [0, 0.1) is 17.2 Å². The predicted molar refractivity (Wildman–Crippen MR) is 71.0 cm³/mol. The molecule has 0 amide bonds. The van der Waals surface area contributed by atoms with Gasteiger partial charge < -0.3 is 4.84 Å². The van der Waals surface area contributed by atoms with E-state index in [9.17, 15) is 0 Å². The van der Waals surface area contributed by atoms with Gasteiger partial charge in [0, 0.05) is 6.21 Å². The highest BCUT2D eigenvalue weighted by atomic mass is 16.6. The molecule has 18 heavy (non-hydrogen) atoms. The normalized spacial score (nSPS) is 16.6.